The number of nitrogens with one attached hydrogen (secondary N) is 3. The van der Waals surface area contributed by atoms with Crippen molar-refractivity contribution in [2.45, 2.75) is 43.6 Å². The number of para-hydroxylation sites is 2. The highest BCUT2D eigenvalue weighted by Gasteiger charge is 2.39. The molecule has 3 aromatic carbocycles. The second kappa shape index (κ2) is 10.6. The first-order chi connectivity index (χ1) is 17.6. The van der Waals surface area contributed by atoms with Crippen molar-refractivity contribution in [2.24, 2.45) is 0 Å². The Morgan fingerprint density at radius 3 is 2.25 bits per heavy atom. The van der Waals surface area contributed by atoms with Crippen LogP contribution < -0.4 is 10.6 Å². The Labute approximate surface area is 213 Å². The number of amides is 2. The zero-order valence-corrected chi connectivity index (χ0v) is 21.3. The molecule has 1 heterocycles. The molecule has 3 N–H and O–H groups in total. The molecule has 1 saturated carbocycles. The quantitative estimate of drug-likeness (QED) is 0.277. The first kappa shape index (κ1) is 24.1. The van der Waals surface area contributed by atoms with Crippen LogP contribution >= 0.6 is 0 Å². The maximum atomic E-state index is 12.4. The van der Waals surface area contributed by atoms with E-state index in [-0.39, 0.29) is 11.6 Å². The number of rotatable bonds is 7. The number of hydrogen-bond acceptors (Lipinski definition) is 2. The van der Waals surface area contributed by atoms with Gasteiger partial charge in [0.2, 0.25) is 0 Å². The van der Waals surface area contributed by atoms with Crippen LogP contribution in [0.15, 0.2) is 84.9 Å². The summed E-state index contributed by atoms with van der Waals surface area (Å²) >= 11 is 0. The summed E-state index contributed by atoms with van der Waals surface area (Å²) in [5.41, 5.74) is 6.17. The maximum Gasteiger partial charge on any atom is 0.319 e. The van der Waals surface area contributed by atoms with Gasteiger partial charge in [-0.2, -0.15) is 0 Å². The standard InChI is InChI=1S/C31H36N4O/c1-35(2)31(24-11-5-3-6-12-24)20-17-23(18-21-31)29-27(26-15-9-10-16-28(26)34-29)19-22-32-30(36)33-25-13-7-4-8-14-25/h3-16,23,34H,17-22H2,1-2H3,(H2,32,33,36). The van der Waals surface area contributed by atoms with Gasteiger partial charge in [-0.1, -0.05) is 66.7 Å². The number of benzene rings is 3. The molecule has 2 amide bonds. The number of carbonyl (C=O) groups excluding carboxylic acids is 1. The average Bonchev–Trinajstić information content (AvgIpc) is 3.28. The summed E-state index contributed by atoms with van der Waals surface area (Å²) < 4.78 is 0. The molecular weight excluding hydrogens is 444 g/mol. The second-order valence-electron chi connectivity index (χ2n) is 10.1. The fourth-order valence-corrected chi connectivity index (χ4v) is 5.96. The van der Waals surface area contributed by atoms with Gasteiger partial charge < -0.3 is 15.6 Å². The average molecular weight is 481 g/mol. The van der Waals surface area contributed by atoms with Gasteiger partial charge in [0, 0.05) is 34.4 Å². The van der Waals surface area contributed by atoms with Crippen molar-refractivity contribution in [2.75, 3.05) is 26.0 Å². The number of fused-ring (bicyclic) bond motifs is 1. The van der Waals surface area contributed by atoms with Gasteiger partial charge in [-0.3, -0.25) is 4.90 Å². The molecule has 5 heteroatoms. The first-order valence-corrected chi connectivity index (χ1v) is 13.0. The normalized spacial score (nSPS) is 19.9. The smallest absolute Gasteiger partial charge is 0.319 e. The minimum Gasteiger partial charge on any atom is -0.358 e. The Morgan fingerprint density at radius 1 is 0.917 bits per heavy atom. The highest BCUT2D eigenvalue weighted by molar-refractivity contribution is 5.89. The molecule has 1 aliphatic carbocycles. The van der Waals surface area contributed by atoms with Gasteiger partial charge in [0.25, 0.3) is 0 Å². The third kappa shape index (κ3) is 4.89. The van der Waals surface area contributed by atoms with Crippen LogP contribution in [-0.2, 0) is 12.0 Å². The molecule has 0 unspecified atom stereocenters. The monoisotopic (exact) mass is 480 g/mol. The predicted octanol–water partition coefficient (Wildman–Crippen LogP) is 6.65. The molecule has 0 bridgehead atoms. The van der Waals surface area contributed by atoms with E-state index in [2.05, 4.69) is 89.2 Å². The molecule has 0 atom stereocenters. The van der Waals surface area contributed by atoms with Crippen LogP contribution in [-0.4, -0.2) is 36.6 Å². The molecule has 5 rings (SSSR count). The largest absolute Gasteiger partial charge is 0.358 e. The van der Waals surface area contributed by atoms with Crippen LogP contribution in [0.4, 0.5) is 10.5 Å². The van der Waals surface area contributed by atoms with Gasteiger partial charge in [0.05, 0.1) is 0 Å². The summed E-state index contributed by atoms with van der Waals surface area (Å²) in [6, 6.07) is 28.9. The van der Waals surface area contributed by atoms with Gasteiger partial charge in [-0.15, -0.1) is 0 Å². The van der Waals surface area contributed by atoms with Crippen LogP contribution in [0, 0.1) is 0 Å². The molecule has 186 valence electrons. The number of anilines is 1. The Balaban J connectivity index is 1.31. The van der Waals surface area contributed by atoms with Gasteiger partial charge in [-0.25, -0.2) is 4.79 Å². The lowest BCUT2D eigenvalue weighted by Crippen LogP contribution is -2.44. The van der Waals surface area contributed by atoms with Crippen molar-refractivity contribution in [1.82, 2.24) is 15.2 Å². The lowest BCUT2D eigenvalue weighted by Gasteiger charge is -2.45. The molecule has 5 nitrogen and oxygen atoms in total. The van der Waals surface area contributed by atoms with Crippen molar-refractivity contribution < 1.29 is 4.79 Å². The molecule has 1 aliphatic rings. The molecule has 0 spiro atoms. The lowest BCUT2D eigenvalue weighted by atomic mass is 9.70. The van der Waals surface area contributed by atoms with E-state index in [9.17, 15) is 4.79 Å². The van der Waals surface area contributed by atoms with E-state index in [0.717, 1.165) is 37.8 Å². The highest BCUT2D eigenvalue weighted by Crippen LogP contribution is 2.47. The van der Waals surface area contributed by atoms with Crippen LogP contribution in [0.5, 0.6) is 0 Å². The Hall–Kier alpha value is -3.57. The van der Waals surface area contributed by atoms with Gasteiger partial charge >= 0.3 is 6.03 Å². The number of hydrogen-bond donors (Lipinski definition) is 3. The predicted molar refractivity (Wildman–Crippen MR) is 148 cm³/mol. The summed E-state index contributed by atoms with van der Waals surface area (Å²) in [7, 11) is 4.43. The highest BCUT2D eigenvalue weighted by atomic mass is 16.2. The van der Waals surface area contributed by atoms with Gasteiger partial charge in [-0.05, 0) is 81.4 Å². The summed E-state index contributed by atoms with van der Waals surface area (Å²) in [6.45, 7) is 0.589. The van der Waals surface area contributed by atoms with Crippen molar-refractivity contribution in [3.8, 4) is 0 Å². The third-order valence-electron chi connectivity index (χ3n) is 7.93. The third-order valence-corrected chi connectivity index (χ3v) is 7.93. The molecule has 0 aliphatic heterocycles. The molecule has 0 saturated heterocycles. The minimum absolute atomic E-state index is 0.0843. The van der Waals surface area contributed by atoms with E-state index >= 15 is 0 Å². The molecule has 4 aromatic rings. The first-order valence-electron chi connectivity index (χ1n) is 13.0. The van der Waals surface area contributed by atoms with Crippen LogP contribution in [0.25, 0.3) is 10.9 Å². The SMILES string of the molecule is CN(C)C1(c2ccccc2)CCC(c2[nH]c3ccccc3c2CCNC(=O)Nc2ccccc2)CC1. The fourth-order valence-electron chi connectivity index (χ4n) is 5.96. The summed E-state index contributed by atoms with van der Waals surface area (Å²) in [6.07, 6.45) is 5.32. The Kier molecular flexibility index (Phi) is 7.10. The van der Waals surface area contributed by atoms with E-state index in [0.29, 0.717) is 12.5 Å². The number of aromatic amines is 1. The summed E-state index contributed by atoms with van der Waals surface area (Å²) in [5.74, 6) is 0.488. The molecule has 36 heavy (non-hydrogen) atoms. The van der Waals surface area contributed by atoms with Crippen molar-refractivity contribution >= 4 is 22.6 Å². The van der Waals surface area contributed by atoms with Crippen LogP contribution in [0.3, 0.4) is 0 Å². The number of nitrogens with zero attached hydrogens (tertiary/aromatic N) is 1. The van der Waals surface area contributed by atoms with E-state index < -0.39 is 0 Å². The zero-order valence-electron chi connectivity index (χ0n) is 21.3. The molecular formula is C31H36N4O. The van der Waals surface area contributed by atoms with Crippen LogP contribution in [0.1, 0.15) is 48.4 Å². The van der Waals surface area contributed by atoms with E-state index in [1.165, 1.54) is 27.7 Å². The number of urea groups is 1. The topological polar surface area (TPSA) is 60.2 Å². The zero-order chi connectivity index (χ0) is 25.0. The Bertz CT molecular complexity index is 1290. The lowest BCUT2D eigenvalue weighted by molar-refractivity contribution is 0.0903. The van der Waals surface area contributed by atoms with Gasteiger partial charge in [0.15, 0.2) is 0 Å². The Morgan fingerprint density at radius 2 is 1.56 bits per heavy atom. The van der Waals surface area contributed by atoms with Crippen molar-refractivity contribution in [1.29, 1.82) is 0 Å². The molecule has 1 fully saturated rings. The molecule has 1 aromatic heterocycles. The fraction of sp³-hybridized carbons (Fsp3) is 0.323. The van der Waals surface area contributed by atoms with Gasteiger partial charge in [0.1, 0.15) is 0 Å². The van der Waals surface area contributed by atoms with Crippen molar-refractivity contribution in [3.05, 3.63) is 102 Å². The minimum atomic E-state index is -0.168. The summed E-state index contributed by atoms with van der Waals surface area (Å²) in [4.78, 5) is 18.6. The number of aromatic nitrogens is 1. The van der Waals surface area contributed by atoms with Crippen molar-refractivity contribution in [3.63, 3.8) is 0 Å². The second-order valence-corrected chi connectivity index (χ2v) is 10.1. The maximum absolute atomic E-state index is 12.4. The molecule has 0 radical (unpaired) electrons. The summed E-state index contributed by atoms with van der Waals surface area (Å²) in [5, 5.41) is 7.22. The van der Waals surface area contributed by atoms with E-state index in [1.807, 2.05) is 30.3 Å². The van der Waals surface area contributed by atoms with E-state index in [1.54, 1.807) is 0 Å². The van der Waals surface area contributed by atoms with Crippen LogP contribution in [0.2, 0.25) is 0 Å². The number of carbonyl (C=O) groups is 1. The van der Waals surface area contributed by atoms with E-state index in [4.69, 9.17) is 0 Å². The number of H-pyrrole nitrogens is 1.